The van der Waals surface area contributed by atoms with Crippen molar-refractivity contribution >= 4 is 93.1 Å². The Morgan fingerprint density at radius 2 is 0.899 bits per heavy atom. The van der Waals surface area contributed by atoms with Crippen LogP contribution in [0.4, 0.5) is 17.1 Å². The van der Waals surface area contributed by atoms with E-state index in [1.54, 1.807) is 0 Å². The highest BCUT2D eigenvalue weighted by Crippen LogP contribution is 2.44. The Morgan fingerprint density at radius 1 is 0.304 bits per heavy atom. The Balaban J connectivity index is 0.891. The van der Waals surface area contributed by atoms with E-state index in [1.807, 2.05) is 0 Å². The maximum absolute atomic E-state index is 6.59. The zero-order chi connectivity index (χ0) is 45.4. The Kier molecular flexibility index (Phi) is 8.90. The fourth-order valence-electron chi connectivity index (χ4n) is 11.0. The van der Waals surface area contributed by atoms with Gasteiger partial charge in [0, 0.05) is 49.7 Å². The first-order chi connectivity index (χ1) is 34.2. The van der Waals surface area contributed by atoms with Crippen LogP contribution in [0.1, 0.15) is 0 Å². The molecule has 0 saturated carbocycles. The van der Waals surface area contributed by atoms with Gasteiger partial charge in [0.25, 0.3) is 0 Å². The topological polar surface area (TPSA) is 21.3 Å². The van der Waals surface area contributed by atoms with Crippen LogP contribution < -0.4 is 4.90 Å². The van der Waals surface area contributed by atoms with E-state index >= 15 is 0 Å². The van der Waals surface area contributed by atoms with Gasteiger partial charge < -0.3 is 13.9 Å². The minimum atomic E-state index is 0.892. The predicted molar refractivity (Wildman–Crippen MR) is 292 cm³/mol. The van der Waals surface area contributed by atoms with Gasteiger partial charge in [0.15, 0.2) is 0 Å². The standard InChI is InChI=1S/C66H42N2O/c1-4-21-55-44(14-1)34-39-60-65-54(26-13-29-64(65)69-66(55)60)45-32-37-50(38-33-45)67(51-18-12-17-47(41-51)61-42-48-15-2-3-20-53(48)56-22-5-6-23-57(56)61)49-35-30-43(31-36-49)46-16-11-19-52(40-46)68-62-27-9-7-24-58(62)59-25-8-10-28-63(59)68/h1-42H. The minimum Gasteiger partial charge on any atom is -0.455 e. The number of benzene rings is 12. The number of hydrogen-bond acceptors (Lipinski definition) is 2. The van der Waals surface area contributed by atoms with Crippen LogP contribution in [0.3, 0.4) is 0 Å². The van der Waals surface area contributed by atoms with Gasteiger partial charge in [-0.3, -0.25) is 0 Å². The van der Waals surface area contributed by atoms with Gasteiger partial charge in [-0.1, -0.05) is 176 Å². The second-order valence-electron chi connectivity index (χ2n) is 18.0. The lowest BCUT2D eigenvalue weighted by Gasteiger charge is -2.26. The molecule has 0 bridgehead atoms. The highest BCUT2D eigenvalue weighted by atomic mass is 16.3. The van der Waals surface area contributed by atoms with Crippen LogP contribution in [-0.4, -0.2) is 4.57 Å². The van der Waals surface area contributed by atoms with Crippen LogP contribution in [0, 0.1) is 0 Å². The van der Waals surface area contributed by atoms with E-state index in [2.05, 4.69) is 264 Å². The number of para-hydroxylation sites is 2. The third-order valence-corrected chi connectivity index (χ3v) is 14.2. The van der Waals surface area contributed by atoms with E-state index in [9.17, 15) is 0 Å². The van der Waals surface area contributed by atoms with E-state index in [-0.39, 0.29) is 0 Å². The van der Waals surface area contributed by atoms with Gasteiger partial charge in [-0.15, -0.1) is 0 Å². The van der Waals surface area contributed by atoms with Gasteiger partial charge >= 0.3 is 0 Å². The molecule has 0 saturated heterocycles. The van der Waals surface area contributed by atoms with E-state index < -0.39 is 0 Å². The molecule has 0 fully saturated rings. The lowest BCUT2D eigenvalue weighted by atomic mass is 9.93. The second-order valence-corrected chi connectivity index (χ2v) is 18.0. The van der Waals surface area contributed by atoms with Crippen LogP contribution in [0.2, 0.25) is 0 Å². The molecule has 3 nitrogen and oxygen atoms in total. The average molecular weight is 879 g/mol. The van der Waals surface area contributed by atoms with Gasteiger partial charge in [-0.2, -0.15) is 0 Å². The van der Waals surface area contributed by atoms with Crippen molar-refractivity contribution in [2.75, 3.05) is 4.90 Å². The monoisotopic (exact) mass is 878 g/mol. The van der Waals surface area contributed by atoms with Crippen molar-refractivity contribution in [3.05, 3.63) is 255 Å². The Morgan fingerprint density at radius 3 is 1.65 bits per heavy atom. The molecular formula is C66H42N2O. The molecule has 69 heavy (non-hydrogen) atoms. The Hall–Kier alpha value is -9.18. The maximum Gasteiger partial charge on any atom is 0.143 e. The van der Waals surface area contributed by atoms with Crippen molar-refractivity contribution in [2.45, 2.75) is 0 Å². The van der Waals surface area contributed by atoms with Crippen LogP contribution in [0.5, 0.6) is 0 Å². The molecule has 0 aliphatic rings. The summed E-state index contributed by atoms with van der Waals surface area (Å²) in [6, 6.07) is 92.5. The number of fused-ring (bicyclic) bond motifs is 11. The summed E-state index contributed by atoms with van der Waals surface area (Å²) >= 11 is 0. The fraction of sp³-hybridized carbons (Fsp3) is 0. The molecule has 2 aromatic heterocycles. The van der Waals surface area contributed by atoms with E-state index in [0.717, 1.165) is 72.3 Å². The fourth-order valence-corrected chi connectivity index (χ4v) is 11.0. The van der Waals surface area contributed by atoms with Crippen LogP contribution in [-0.2, 0) is 0 Å². The molecule has 2 heterocycles. The largest absolute Gasteiger partial charge is 0.455 e. The van der Waals surface area contributed by atoms with E-state index in [1.165, 1.54) is 59.9 Å². The number of nitrogens with zero attached hydrogens (tertiary/aromatic N) is 2. The third kappa shape index (κ3) is 6.36. The second kappa shape index (κ2) is 15.7. The first kappa shape index (κ1) is 39.0. The Bertz CT molecular complexity index is 4260. The highest BCUT2D eigenvalue weighted by Gasteiger charge is 2.19. The summed E-state index contributed by atoms with van der Waals surface area (Å²) < 4.78 is 8.98. The summed E-state index contributed by atoms with van der Waals surface area (Å²) in [5.41, 5.74) is 15.6. The molecule has 0 N–H and O–H groups in total. The lowest BCUT2D eigenvalue weighted by molar-refractivity contribution is 0.673. The number of rotatable bonds is 7. The van der Waals surface area contributed by atoms with Gasteiger partial charge in [-0.25, -0.2) is 0 Å². The van der Waals surface area contributed by atoms with Crippen molar-refractivity contribution in [1.82, 2.24) is 4.57 Å². The first-order valence-corrected chi connectivity index (χ1v) is 23.7. The molecule has 0 radical (unpaired) electrons. The number of furan rings is 1. The molecule has 322 valence electrons. The molecule has 0 unspecified atom stereocenters. The summed E-state index contributed by atoms with van der Waals surface area (Å²) in [6.45, 7) is 0. The van der Waals surface area contributed by atoms with Gasteiger partial charge in [0.2, 0.25) is 0 Å². The quantitative estimate of drug-likeness (QED) is 0.149. The molecular weight excluding hydrogens is 837 g/mol. The molecule has 0 aliphatic heterocycles. The normalized spacial score (nSPS) is 11.8. The molecule has 14 rings (SSSR count). The van der Waals surface area contributed by atoms with Crippen molar-refractivity contribution in [3.8, 4) is 39.1 Å². The SMILES string of the molecule is c1cc(-c2cc3ccccc3c3ccccc23)cc(N(c2ccc(-c3cccc(-n4c5ccccc5c5ccccc54)c3)cc2)c2ccc(-c3cccc4oc5c6ccccc6ccc5c34)cc2)c1. The number of anilines is 3. The average Bonchev–Trinajstić information content (AvgIpc) is 3.98. The number of hydrogen-bond donors (Lipinski definition) is 0. The summed E-state index contributed by atoms with van der Waals surface area (Å²) in [6.07, 6.45) is 0. The zero-order valence-electron chi connectivity index (χ0n) is 37.6. The summed E-state index contributed by atoms with van der Waals surface area (Å²) in [7, 11) is 0. The molecule has 0 aliphatic carbocycles. The van der Waals surface area contributed by atoms with Crippen molar-refractivity contribution in [2.24, 2.45) is 0 Å². The first-order valence-electron chi connectivity index (χ1n) is 23.7. The van der Waals surface area contributed by atoms with Gasteiger partial charge in [-0.05, 0) is 139 Å². The predicted octanol–water partition coefficient (Wildman–Crippen LogP) is 18.6. The van der Waals surface area contributed by atoms with Gasteiger partial charge in [0.1, 0.15) is 11.2 Å². The molecule has 0 atom stereocenters. The van der Waals surface area contributed by atoms with Crippen LogP contribution in [0.25, 0.3) is 115 Å². The summed E-state index contributed by atoms with van der Waals surface area (Å²) in [5.74, 6) is 0. The molecule has 3 heteroatoms. The number of aromatic nitrogens is 1. The maximum atomic E-state index is 6.59. The molecule has 14 aromatic rings. The Labute approximate surface area is 399 Å². The molecule has 0 spiro atoms. The third-order valence-electron chi connectivity index (χ3n) is 14.2. The van der Waals surface area contributed by atoms with Crippen LogP contribution in [0.15, 0.2) is 259 Å². The van der Waals surface area contributed by atoms with Crippen molar-refractivity contribution in [1.29, 1.82) is 0 Å². The van der Waals surface area contributed by atoms with Crippen molar-refractivity contribution < 1.29 is 4.42 Å². The summed E-state index contributed by atoms with van der Waals surface area (Å²) in [4.78, 5) is 2.38. The molecule has 12 aromatic carbocycles. The minimum absolute atomic E-state index is 0.892. The van der Waals surface area contributed by atoms with E-state index in [0.29, 0.717) is 0 Å². The van der Waals surface area contributed by atoms with Crippen molar-refractivity contribution in [3.63, 3.8) is 0 Å². The highest BCUT2D eigenvalue weighted by molar-refractivity contribution is 6.19. The van der Waals surface area contributed by atoms with Gasteiger partial charge in [0.05, 0.1) is 11.0 Å². The zero-order valence-corrected chi connectivity index (χ0v) is 37.6. The molecule has 0 amide bonds. The summed E-state index contributed by atoms with van der Waals surface area (Å²) in [5, 5.41) is 12.1. The smallest absolute Gasteiger partial charge is 0.143 e. The lowest BCUT2D eigenvalue weighted by Crippen LogP contribution is -2.10. The van der Waals surface area contributed by atoms with Crippen LogP contribution >= 0.6 is 0 Å². The van der Waals surface area contributed by atoms with E-state index in [4.69, 9.17) is 4.42 Å².